The van der Waals surface area contributed by atoms with Gasteiger partial charge in [-0.15, -0.1) is 0 Å². The molecule has 6 rings (SSSR count). The first kappa shape index (κ1) is 37.3. The summed E-state index contributed by atoms with van der Waals surface area (Å²) in [6.45, 7) is 3.84. The van der Waals surface area contributed by atoms with Crippen LogP contribution in [0.5, 0.6) is 0 Å². The van der Waals surface area contributed by atoms with Crippen molar-refractivity contribution in [1.29, 1.82) is 0 Å². The summed E-state index contributed by atoms with van der Waals surface area (Å²) in [5.41, 5.74) is 8.43. The van der Waals surface area contributed by atoms with Gasteiger partial charge in [0.2, 0.25) is 0 Å². The molecule has 0 aliphatic carbocycles. The number of rotatable bonds is 6. The highest BCUT2D eigenvalue weighted by molar-refractivity contribution is 7.91. The zero-order valence-electron chi connectivity index (χ0n) is 26.9. The molecule has 0 spiro atoms. The average Bonchev–Trinajstić information content (AvgIpc) is 3.05. The Labute approximate surface area is 295 Å². The van der Waals surface area contributed by atoms with Crippen LogP contribution in [0.2, 0.25) is 10.0 Å². The SMILES string of the molecule is Cc1ccc(-c2ncc(Cl)cc2-c2ccc(S(C)(=O)=O)cc2)cn1.Cc1ccc(-c2ncc(Cl)cc2-c2ccc(S(C)(=O)=O)cc2)cn1.O. The number of hydrogen-bond acceptors (Lipinski definition) is 8. The second kappa shape index (κ2) is 15.4. The summed E-state index contributed by atoms with van der Waals surface area (Å²) in [6.07, 6.45) is 9.08. The number of pyridine rings is 4. The number of aryl methyl sites for hydroxylation is 2. The Kier molecular flexibility index (Phi) is 11.7. The molecule has 2 aromatic carbocycles. The van der Waals surface area contributed by atoms with Crippen molar-refractivity contribution in [2.24, 2.45) is 0 Å². The summed E-state index contributed by atoms with van der Waals surface area (Å²) in [7, 11) is -6.46. The van der Waals surface area contributed by atoms with Crippen molar-refractivity contribution in [1.82, 2.24) is 19.9 Å². The fourth-order valence-electron chi connectivity index (χ4n) is 4.76. The van der Waals surface area contributed by atoms with Gasteiger partial charge in [0, 0.05) is 70.9 Å². The highest BCUT2D eigenvalue weighted by Gasteiger charge is 2.14. The van der Waals surface area contributed by atoms with E-state index in [9.17, 15) is 16.8 Å². The van der Waals surface area contributed by atoms with Gasteiger partial charge in [0.05, 0.1) is 31.2 Å². The maximum atomic E-state index is 11.6. The summed E-state index contributed by atoms with van der Waals surface area (Å²) in [6, 6.07) is 24.8. The summed E-state index contributed by atoms with van der Waals surface area (Å²) in [4.78, 5) is 18.0. The lowest BCUT2D eigenvalue weighted by atomic mass is 10.0. The Bertz CT molecular complexity index is 2130. The van der Waals surface area contributed by atoms with Gasteiger partial charge in [-0.1, -0.05) is 47.5 Å². The first-order valence-corrected chi connectivity index (χ1v) is 19.0. The minimum atomic E-state index is -3.23. The maximum absolute atomic E-state index is 11.6. The Balaban J connectivity index is 0.000000216. The van der Waals surface area contributed by atoms with Crippen LogP contribution in [0.1, 0.15) is 11.4 Å². The van der Waals surface area contributed by atoms with Gasteiger partial charge in [-0.05, 0) is 85.6 Å². The van der Waals surface area contributed by atoms with E-state index < -0.39 is 19.7 Å². The first-order chi connectivity index (χ1) is 22.7. The molecule has 4 aromatic heterocycles. The average molecular weight is 736 g/mol. The first-order valence-electron chi connectivity index (χ1n) is 14.5. The summed E-state index contributed by atoms with van der Waals surface area (Å²) >= 11 is 12.2. The van der Waals surface area contributed by atoms with Gasteiger partial charge in [-0.3, -0.25) is 19.9 Å². The maximum Gasteiger partial charge on any atom is 0.175 e. The molecule has 49 heavy (non-hydrogen) atoms. The van der Waals surface area contributed by atoms with E-state index in [1.807, 2.05) is 50.2 Å². The van der Waals surface area contributed by atoms with Gasteiger partial charge in [0.25, 0.3) is 0 Å². The standard InChI is InChI=1S/2C18H15ClN2O2S.H2O/c2*1-12-3-4-14(10-20-12)18-17(9-15(19)11-21-18)13-5-7-16(8-6-13)24(2,22)23;/h2*3-11H,1-2H3;1H2. The Morgan fingerprint density at radius 3 is 1.08 bits per heavy atom. The molecular formula is C36H32Cl2N4O5S2. The van der Waals surface area contributed by atoms with Crippen LogP contribution in [0.15, 0.2) is 120 Å². The van der Waals surface area contributed by atoms with Crippen LogP contribution in [0, 0.1) is 13.8 Å². The van der Waals surface area contributed by atoms with E-state index in [-0.39, 0.29) is 15.3 Å². The van der Waals surface area contributed by atoms with E-state index in [0.29, 0.717) is 10.0 Å². The fourth-order valence-corrected chi connectivity index (χ4v) is 6.33. The molecule has 13 heteroatoms. The normalized spacial score (nSPS) is 11.2. The molecule has 6 aromatic rings. The van der Waals surface area contributed by atoms with Crippen LogP contribution < -0.4 is 0 Å². The van der Waals surface area contributed by atoms with E-state index in [1.165, 1.54) is 12.5 Å². The van der Waals surface area contributed by atoms with Crippen molar-refractivity contribution in [2.45, 2.75) is 23.6 Å². The van der Waals surface area contributed by atoms with Gasteiger partial charge < -0.3 is 5.48 Å². The van der Waals surface area contributed by atoms with Gasteiger partial charge in [-0.25, -0.2) is 16.8 Å². The summed E-state index contributed by atoms with van der Waals surface area (Å²) < 4.78 is 46.5. The molecule has 0 radical (unpaired) electrons. The smallest absolute Gasteiger partial charge is 0.175 e. The number of nitrogens with zero attached hydrogens (tertiary/aromatic N) is 4. The van der Waals surface area contributed by atoms with Crippen molar-refractivity contribution in [3.8, 4) is 44.8 Å². The summed E-state index contributed by atoms with van der Waals surface area (Å²) in [5.74, 6) is 0. The largest absolute Gasteiger partial charge is 0.412 e. The molecule has 0 saturated heterocycles. The Hall–Kier alpha value is -4.52. The number of benzene rings is 2. The zero-order valence-corrected chi connectivity index (χ0v) is 30.0. The van der Waals surface area contributed by atoms with E-state index in [2.05, 4.69) is 19.9 Å². The quantitative estimate of drug-likeness (QED) is 0.170. The Morgan fingerprint density at radius 2 is 0.796 bits per heavy atom. The minimum Gasteiger partial charge on any atom is -0.412 e. The van der Waals surface area contributed by atoms with Gasteiger partial charge in [-0.2, -0.15) is 0 Å². The topological polar surface area (TPSA) is 151 Å². The third-order valence-corrected chi connectivity index (χ3v) is 9.94. The van der Waals surface area contributed by atoms with Crippen LogP contribution in [-0.4, -0.2) is 54.8 Å². The monoisotopic (exact) mass is 734 g/mol. The van der Waals surface area contributed by atoms with Crippen molar-refractivity contribution in [3.63, 3.8) is 0 Å². The molecule has 9 nitrogen and oxygen atoms in total. The lowest BCUT2D eigenvalue weighted by Gasteiger charge is -2.10. The predicted octanol–water partition coefficient (Wildman–Crippen LogP) is 7.53. The van der Waals surface area contributed by atoms with Crippen LogP contribution in [-0.2, 0) is 19.7 Å². The van der Waals surface area contributed by atoms with E-state index in [4.69, 9.17) is 23.2 Å². The van der Waals surface area contributed by atoms with Crippen molar-refractivity contribution in [3.05, 3.63) is 131 Å². The van der Waals surface area contributed by atoms with Gasteiger partial charge in [0.1, 0.15) is 0 Å². The highest BCUT2D eigenvalue weighted by Crippen LogP contribution is 2.34. The van der Waals surface area contributed by atoms with Gasteiger partial charge >= 0.3 is 0 Å². The second-order valence-electron chi connectivity index (χ2n) is 11.1. The number of aromatic nitrogens is 4. The molecule has 0 amide bonds. The number of hydrogen-bond donors (Lipinski definition) is 0. The minimum absolute atomic E-state index is 0. The molecule has 0 aliphatic rings. The number of halogens is 2. The third-order valence-electron chi connectivity index (χ3n) is 7.27. The molecule has 0 fully saturated rings. The van der Waals surface area contributed by atoms with Crippen LogP contribution in [0.3, 0.4) is 0 Å². The third kappa shape index (κ3) is 9.34. The van der Waals surface area contributed by atoms with E-state index >= 15 is 0 Å². The molecule has 0 saturated carbocycles. The Morgan fingerprint density at radius 1 is 0.469 bits per heavy atom. The van der Waals surface area contributed by atoms with Gasteiger partial charge in [0.15, 0.2) is 19.7 Å². The fraction of sp³-hybridized carbons (Fsp3) is 0.111. The van der Waals surface area contributed by atoms with Crippen molar-refractivity contribution in [2.75, 3.05) is 12.5 Å². The zero-order chi connectivity index (χ0) is 34.6. The highest BCUT2D eigenvalue weighted by atomic mass is 35.5. The van der Waals surface area contributed by atoms with Crippen LogP contribution >= 0.6 is 23.2 Å². The predicted molar refractivity (Wildman–Crippen MR) is 195 cm³/mol. The molecular weight excluding hydrogens is 703 g/mol. The van der Waals surface area contributed by atoms with E-state index in [1.54, 1.807) is 73.3 Å². The molecule has 252 valence electrons. The molecule has 0 aliphatic heterocycles. The van der Waals surface area contributed by atoms with E-state index in [0.717, 1.165) is 56.2 Å². The second-order valence-corrected chi connectivity index (χ2v) is 16.0. The molecule has 4 heterocycles. The van der Waals surface area contributed by atoms with Crippen molar-refractivity contribution < 1.29 is 22.3 Å². The molecule has 0 atom stereocenters. The van der Waals surface area contributed by atoms with Crippen LogP contribution in [0.4, 0.5) is 0 Å². The molecule has 2 N–H and O–H groups in total. The molecule has 0 unspecified atom stereocenters. The van der Waals surface area contributed by atoms with Crippen LogP contribution in [0.25, 0.3) is 44.8 Å². The number of sulfone groups is 2. The summed E-state index contributed by atoms with van der Waals surface area (Å²) in [5, 5.41) is 1.03. The lowest BCUT2D eigenvalue weighted by molar-refractivity contribution is 0.600. The van der Waals surface area contributed by atoms with Crippen molar-refractivity contribution >= 4 is 42.9 Å². The molecule has 0 bridgehead atoms. The lowest BCUT2D eigenvalue weighted by Crippen LogP contribution is -1.97.